The molecule has 0 atom stereocenters. The minimum atomic E-state index is -2.62. The fourth-order valence-corrected chi connectivity index (χ4v) is 5.13. The summed E-state index contributed by atoms with van der Waals surface area (Å²) in [4.78, 5) is 0. The fourth-order valence-electron chi connectivity index (χ4n) is 3.54. The number of halogens is 1. The van der Waals surface area contributed by atoms with E-state index in [1.165, 1.54) is 16.7 Å². The summed E-state index contributed by atoms with van der Waals surface area (Å²) in [6.45, 7) is 28.6. The van der Waals surface area contributed by atoms with Gasteiger partial charge in [-0.05, 0) is 57.2 Å². The topological polar surface area (TPSA) is 18.5 Å². The van der Waals surface area contributed by atoms with E-state index in [4.69, 9.17) is 20.5 Å². The van der Waals surface area contributed by atoms with Gasteiger partial charge in [0.2, 0.25) is 0 Å². The van der Waals surface area contributed by atoms with Crippen molar-refractivity contribution < 1.29 is 8.85 Å². The van der Waals surface area contributed by atoms with Crippen LogP contribution in [0.2, 0.25) is 18.1 Å². The van der Waals surface area contributed by atoms with Crippen LogP contribution in [0.4, 0.5) is 0 Å². The summed E-state index contributed by atoms with van der Waals surface area (Å²) in [5.74, 6) is 1.57. The van der Waals surface area contributed by atoms with Gasteiger partial charge in [-0.25, -0.2) is 0 Å². The van der Waals surface area contributed by atoms with E-state index in [0.29, 0.717) is 10.8 Å². The molecule has 0 spiro atoms. The van der Waals surface area contributed by atoms with Crippen LogP contribution >= 0.6 is 11.6 Å². The molecule has 0 amide bonds. The maximum absolute atomic E-state index is 6.83. The van der Waals surface area contributed by atoms with Crippen LogP contribution in [-0.2, 0) is 20.7 Å². The van der Waals surface area contributed by atoms with Gasteiger partial charge in [-0.2, -0.15) is 0 Å². The van der Waals surface area contributed by atoms with E-state index in [-0.39, 0.29) is 16.2 Å². The van der Waals surface area contributed by atoms with Crippen LogP contribution in [0, 0.1) is 0 Å². The molecule has 0 saturated carbocycles. The van der Waals surface area contributed by atoms with Crippen LogP contribution in [0.5, 0.6) is 5.75 Å². The van der Waals surface area contributed by atoms with E-state index in [1.54, 1.807) is 0 Å². The monoisotopic (exact) mass is 472 g/mol. The first kappa shape index (κ1) is 26.5. The molecule has 2 aromatic rings. The fraction of sp³-hybridized carbons (Fsp3) is 0.500. The predicted molar refractivity (Wildman–Crippen MR) is 142 cm³/mol. The molecule has 0 aliphatic heterocycles. The highest BCUT2D eigenvalue weighted by Crippen LogP contribution is 2.44. The molecule has 2 aromatic carbocycles. The summed E-state index contributed by atoms with van der Waals surface area (Å²) in [5.41, 5.74) is 4.57. The van der Waals surface area contributed by atoms with E-state index in [2.05, 4.69) is 94.1 Å². The van der Waals surface area contributed by atoms with Gasteiger partial charge >= 0.3 is 8.56 Å². The van der Waals surface area contributed by atoms with Crippen LogP contribution in [0.1, 0.15) is 84.6 Å². The Morgan fingerprint density at radius 1 is 0.781 bits per heavy atom. The highest BCUT2D eigenvalue weighted by Gasteiger charge is 2.36. The minimum absolute atomic E-state index is 0.0465. The van der Waals surface area contributed by atoms with Crippen LogP contribution in [0.15, 0.2) is 43.0 Å². The van der Waals surface area contributed by atoms with Crippen LogP contribution in [0.25, 0.3) is 5.76 Å². The third-order valence-corrected chi connectivity index (χ3v) is 7.14. The zero-order chi connectivity index (χ0) is 24.7. The first-order valence-electron chi connectivity index (χ1n) is 11.3. The molecule has 0 radical (unpaired) electrons. The molecule has 2 nitrogen and oxygen atoms in total. The lowest BCUT2D eigenvalue weighted by Crippen LogP contribution is -2.39. The Morgan fingerprint density at radius 3 is 1.59 bits per heavy atom. The molecule has 0 aromatic heterocycles. The lowest BCUT2D eigenvalue weighted by atomic mass is 9.75. The number of benzene rings is 2. The number of hydrogen-bond donors (Lipinski definition) is 0. The highest BCUT2D eigenvalue weighted by molar-refractivity contribution is 6.66. The standard InChI is InChI=1S/C28H41ClO2Si/c1-19(20-13-15-22(29)16-14-20)30-32(11,12)31-25-23(27(5,6)7)17-21(26(2,3)4)18-24(25)28(8,9)10/h13-18H,1H2,2-12H3. The molecular formula is C28H41ClO2Si. The van der Waals surface area contributed by atoms with Gasteiger partial charge in [-0.1, -0.05) is 92.6 Å². The van der Waals surface area contributed by atoms with Crippen molar-refractivity contribution in [1.29, 1.82) is 0 Å². The molecule has 0 aliphatic carbocycles. The third kappa shape index (κ3) is 6.65. The van der Waals surface area contributed by atoms with Gasteiger partial charge in [0.15, 0.2) is 0 Å². The second kappa shape index (κ2) is 8.91. The van der Waals surface area contributed by atoms with Gasteiger partial charge in [0, 0.05) is 23.7 Å². The Bertz CT molecular complexity index is 933. The van der Waals surface area contributed by atoms with E-state index in [1.807, 2.05) is 24.3 Å². The molecule has 4 heteroatoms. The van der Waals surface area contributed by atoms with Gasteiger partial charge < -0.3 is 8.85 Å². The molecule has 0 aliphatic rings. The van der Waals surface area contributed by atoms with Crippen LogP contribution in [0.3, 0.4) is 0 Å². The van der Waals surface area contributed by atoms with E-state index in [9.17, 15) is 0 Å². The molecular weight excluding hydrogens is 432 g/mol. The Morgan fingerprint density at radius 2 is 1.22 bits per heavy atom. The van der Waals surface area contributed by atoms with E-state index in [0.717, 1.165) is 11.3 Å². The second-order valence-electron chi connectivity index (χ2n) is 12.2. The molecule has 0 heterocycles. The summed E-state index contributed by atoms with van der Waals surface area (Å²) in [7, 11) is -2.62. The zero-order valence-corrected chi connectivity index (χ0v) is 23.6. The molecule has 0 saturated heterocycles. The third-order valence-electron chi connectivity index (χ3n) is 5.45. The first-order chi connectivity index (χ1) is 14.3. The Hall–Kier alpha value is -1.71. The maximum atomic E-state index is 6.83. The average Bonchev–Trinajstić information content (AvgIpc) is 2.58. The average molecular weight is 473 g/mol. The highest BCUT2D eigenvalue weighted by atomic mass is 35.5. The van der Waals surface area contributed by atoms with Gasteiger partial charge in [0.25, 0.3) is 0 Å². The van der Waals surface area contributed by atoms with Crippen molar-refractivity contribution >= 4 is 25.9 Å². The number of hydrogen-bond acceptors (Lipinski definition) is 2. The van der Waals surface area contributed by atoms with Crippen molar-refractivity contribution in [1.82, 2.24) is 0 Å². The molecule has 2 rings (SSSR count). The Kier molecular flexibility index (Phi) is 7.39. The Balaban J connectivity index is 2.56. The lowest BCUT2D eigenvalue weighted by Gasteiger charge is -2.36. The summed E-state index contributed by atoms with van der Waals surface area (Å²) in [6, 6.07) is 12.2. The molecule has 0 bridgehead atoms. The summed E-state index contributed by atoms with van der Waals surface area (Å²) in [6.07, 6.45) is 0. The summed E-state index contributed by atoms with van der Waals surface area (Å²) < 4.78 is 13.2. The largest absolute Gasteiger partial charge is 0.512 e. The molecule has 0 N–H and O–H groups in total. The van der Waals surface area contributed by atoms with Crippen molar-refractivity contribution in [3.05, 3.63) is 70.3 Å². The van der Waals surface area contributed by atoms with Crippen molar-refractivity contribution in [2.75, 3.05) is 0 Å². The molecule has 0 fully saturated rings. The molecule has 176 valence electrons. The van der Waals surface area contributed by atoms with Crippen LogP contribution < -0.4 is 4.43 Å². The van der Waals surface area contributed by atoms with E-state index >= 15 is 0 Å². The smallest absolute Gasteiger partial charge is 0.454 e. The van der Waals surface area contributed by atoms with Gasteiger partial charge in [0.05, 0.1) is 0 Å². The molecule has 32 heavy (non-hydrogen) atoms. The van der Waals surface area contributed by atoms with Gasteiger partial charge in [-0.15, -0.1) is 0 Å². The van der Waals surface area contributed by atoms with Crippen molar-refractivity contribution in [3.63, 3.8) is 0 Å². The normalized spacial score (nSPS) is 13.1. The zero-order valence-electron chi connectivity index (χ0n) is 21.9. The summed E-state index contributed by atoms with van der Waals surface area (Å²) in [5, 5.41) is 0.692. The molecule has 0 unspecified atom stereocenters. The first-order valence-corrected chi connectivity index (χ1v) is 14.5. The minimum Gasteiger partial charge on any atom is -0.512 e. The second-order valence-corrected chi connectivity index (χ2v) is 15.8. The van der Waals surface area contributed by atoms with Crippen LogP contribution in [-0.4, -0.2) is 8.56 Å². The SMILES string of the molecule is C=C(O[Si](C)(C)Oc1c(C(C)(C)C)cc(C(C)(C)C)cc1C(C)(C)C)c1ccc(Cl)cc1. The Labute approximate surface area is 202 Å². The lowest BCUT2D eigenvalue weighted by molar-refractivity contribution is 0.361. The predicted octanol–water partition coefficient (Wildman–Crippen LogP) is 9.00. The quantitative estimate of drug-likeness (QED) is 0.319. The summed E-state index contributed by atoms with van der Waals surface area (Å²) >= 11 is 6.04. The number of rotatable bonds is 5. The maximum Gasteiger partial charge on any atom is 0.454 e. The van der Waals surface area contributed by atoms with Gasteiger partial charge in [-0.3, -0.25) is 0 Å². The van der Waals surface area contributed by atoms with Crippen molar-refractivity contribution in [2.45, 2.75) is 91.7 Å². The van der Waals surface area contributed by atoms with Gasteiger partial charge in [0.1, 0.15) is 11.5 Å². The van der Waals surface area contributed by atoms with Crippen molar-refractivity contribution in [2.24, 2.45) is 0 Å². The van der Waals surface area contributed by atoms with Crippen molar-refractivity contribution in [3.8, 4) is 5.75 Å². The van der Waals surface area contributed by atoms with E-state index < -0.39 is 8.56 Å².